The van der Waals surface area contributed by atoms with E-state index in [1.807, 2.05) is 20.8 Å². The molecule has 0 aliphatic heterocycles. The second kappa shape index (κ2) is 17.0. The fourth-order valence-corrected chi connectivity index (χ4v) is 2.58. The maximum atomic E-state index is 12.4. The predicted octanol–water partition coefficient (Wildman–Crippen LogP) is 4.29. The molecule has 0 aromatic heterocycles. The van der Waals surface area contributed by atoms with Gasteiger partial charge in [0.1, 0.15) is 24.9 Å². The van der Waals surface area contributed by atoms with Gasteiger partial charge in [0, 0.05) is 0 Å². The molecule has 0 heterocycles. The number of rotatable bonds is 14. The summed E-state index contributed by atoms with van der Waals surface area (Å²) in [7, 11) is 0. The van der Waals surface area contributed by atoms with Gasteiger partial charge >= 0.3 is 24.4 Å². The molecule has 1 unspecified atom stereocenters. The Labute approximate surface area is 216 Å². The fraction of sp³-hybridized carbons (Fsp3) is 0.600. The first kappa shape index (κ1) is 31.5. The lowest BCUT2D eigenvalue weighted by Gasteiger charge is -2.18. The molecule has 0 saturated carbocycles. The maximum Gasteiger partial charge on any atom is 0.513 e. The van der Waals surface area contributed by atoms with Gasteiger partial charge in [-0.3, -0.25) is 4.79 Å². The molecule has 12 nitrogen and oxygen atoms in total. The third-order valence-corrected chi connectivity index (χ3v) is 4.63. The number of hydrogen-bond acceptors (Lipinski definition) is 12. The zero-order valence-corrected chi connectivity index (χ0v) is 22.0. The Bertz CT molecular complexity index is 889. The molecule has 0 spiro atoms. The second-order valence-electron chi connectivity index (χ2n) is 8.14. The minimum atomic E-state index is -1.09. The van der Waals surface area contributed by atoms with E-state index in [2.05, 4.69) is 0 Å². The normalized spacial score (nSPS) is 12.9. The van der Waals surface area contributed by atoms with Crippen molar-refractivity contribution in [3.8, 4) is 11.5 Å². The molecule has 0 saturated heterocycles. The van der Waals surface area contributed by atoms with Crippen molar-refractivity contribution in [3.05, 3.63) is 23.8 Å². The second-order valence-corrected chi connectivity index (χ2v) is 8.14. The van der Waals surface area contributed by atoms with Gasteiger partial charge in [0.25, 0.3) is 0 Å². The zero-order valence-electron chi connectivity index (χ0n) is 22.0. The number of hydrogen-bond donors (Lipinski definition) is 1. The molecule has 1 aromatic carbocycles. The van der Waals surface area contributed by atoms with Gasteiger partial charge in [-0.15, -0.1) is 0 Å². The van der Waals surface area contributed by atoms with Gasteiger partial charge in [-0.2, -0.15) is 0 Å². The van der Waals surface area contributed by atoms with Gasteiger partial charge in [0.15, 0.2) is 11.5 Å². The van der Waals surface area contributed by atoms with Crippen molar-refractivity contribution in [2.45, 2.75) is 78.6 Å². The number of nitrogens with two attached hydrogens (primary N) is 1. The number of esters is 1. The van der Waals surface area contributed by atoms with E-state index in [1.54, 1.807) is 13.8 Å². The summed E-state index contributed by atoms with van der Waals surface area (Å²) in [6.07, 6.45) is -2.04. The minimum absolute atomic E-state index is 0.00337. The predicted molar refractivity (Wildman–Crippen MR) is 130 cm³/mol. The molecule has 1 aromatic rings. The Kier molecular flexibility index (Phi) is 14.5. The summed E-state index contributed by atoms with van der Waals surface area (Å²) < 4.78 is 35.3. The molecule has 3 atom stereocenters. The SMILES string of the molecule is CCCOC(=O)Oc1ccc(C[C@H](N)C(=O)O[C@@H](C)COC(=O)OC(C)CC)cc1OC(=O)OCCC. The van der Waals surface area contributed by atoms with Crippen LogP contribution < -0.4 is 15.2 Å². The Morgan fingerprint density at radius 1 is 0.784 bits per heavy atom. The molecule has 0 bridgehead atoms. The van der Waals surface area contributed by atoms with Gasteiger partial charge in [-0.05, 0) is 57.2 Å². The molecule has 12 heteroatoms. The van der Waals surface area contributed by atoms with Crippen LogP contribution in [0.2, 0.25) is 0 Å². The van der Waals surface area contributed by atoms with E-state index in [1.165, 1.54) is 18.2 Å². The first-order chi connectivity index (χ1) is 17.6. The number of carbonyl (C=O) groups is 4. The van der Waals surface area contributed by atoms with E-state index < -0.39 is 36.6 Å². The van der Waals surface area contributed by atoms with Crippen LogP contribution in [0.1, 0.15) is 59.4 Å². The standard InChI is InChI=1S/C25H37NO11/c1-6-11-31-23(28)36-20-10-9-18(14-21(20)37-24(29)32-12-7-2)13-19(26)22(27)34-17(5)15-33-25(30)35-16(4)8-3/h9-10,14,16-17,19H,6-8,11-13,15,26H2,1-5H3/t16?,17-,19-/m0/s1. The molecule has 2 N–H and O–H groups in total. The quantitative estimate of drug-likeness (QED) is 0.208. The molecule has 208 valence electrons. The number of ether oxygens (including phenoxy) is 7. The van der Waals surface area contributed by atoms with E-state index >= 15 is 0 Å². The van der Waals surface area contributed by atoms with Crippen LogP contribution >= 0.6 is 0 Å². The van der Waals surface area contributed by atoms with Crippen molar-refractivity contribution in [3.63, 3.8) is 0 Å². The lowest BCUT2D eigenvalue weighted by molar-refractivity contribution is -0.152. The average Bonchev–Trinajstić information content (AvgIpc) is 2.86. The van der Waals surface area contributed by atoms with Crippen LogP contribution in [0.5, 0.6) is 11.5 Å². The van der Waals surface area contributed by atoms with Gasteiger partial charge in [-0.1, -0.05) is 26.8 Å². The van der Waals surface area contributed by atoms with E-state index in [0.29, 0.717) is 24.8 Å². The molecule has 0 fully saturated rings. The Morgan fingerprint density at radius 2 is 1.38 bits per heavy atom. The van der Waals surface area contributed by atoms with Crippen LogP contribution in [0.3, 0.4) is 0 Å². The third-order valence-electron chi connectivity index (χ3n) is 4.63. The highest BCUT2D eigenvalue weighted by molar-refractivity contribution is 5.76. The zero-order chi connectivity index (χ0) is 27.8. The van der Waals surface area contributed by atoms with Crippen molar-refractivity contribution in [1.82, 2.24) is 0 Å². The Balaban J connectivity index is 2.80. The van der Waals surface area contributed by atoms with Crippen LogP contribution in [0.15, 0.2) is 18.2 Å². The smallest absolute Gasteiger partial charge is 0.458 e. The topological polar surface area (TPSA) is 159 Å². The number of carbonyl (C=O) groups excluding carboxylic acids is 4. The van der Waals surface area contributed by atoms with Crippen molar-refractivity contribution >= 4 is 24.4 Å². The fourth-order valence-electron chi connectivity index (χ4n) is 2.58. The number of benzene rings is 1. The van der Waals surface area contributed by atoms with Crippen LogP contribution in [0.25, 0.3) is 0 Å². The minimum Gasteiger partial charge on any atom is -0.458 e. The summed E-state index contributed by atoms with van der Waals surface area (Å²) in [5.41, 5.74) is 6.47. The molecule has 0 aliphatic carbocycles. The van der Waals surface area contributed by atoms with Crippen LogP contribution in [0, 0.1) is 0 Å². The maximum absolute atomic E-state index is 12.4. The van der Waals surface area contributed by atoms with Gasteiger partial charge in [-0.25, -0.2) is 14.4 Å². The molecule has 1 rings (SSSR count). The largest absolute Gasteiger partial charge is 0.513 e. The summed E-state index contributed by atoms with van der Waals surface area (Å²) in [6.45, 7) is 8.86. The summed E-state index contributed by atoms with van der Waals surface area (Å²) in [5.74, 6) is -0.932. The van der Waals surface area contributed by atoms with E-state index in [0.717, 1.165) is 0 Å². The van der Waals surface area contributed by atoms with Crippen molar-refractivity contribution in [2.24, 2.45) is 5.73 Å². The van der Waals surface area contributed by atoms with Gasteiger partial charge < -0.3 is 38.9 Å². The molecular formula is C25H37NO11. The highest BCUT2D eigenvalue weighted by Crippen LogP contribution is 2.30. The molecule has 0 radical (unpaired) electrons. The lowest BCUT2D eigenvalue weighted by Crippen LogP contribution is -2.37. The van der Waals surface area contributed by atoms with Crippen LogP contribution in [-0.2, 0) is 34.9 Å². The molecule has 0 amide bonds. The van der Waals surface area contributed by atoms with Crippen molar-refractivity contribution in [2.75, 3.05) is 19.8 Å². The van der Waals surface area contributed by atoms with Gasteiger partial charge in [0.2, 0.25) is 0 Å². The Hall–Kier alpha value is -3.54. The van der Waals surface area contributed by atoms with Crippen molar-refractivity contribution < 1.29 is 52.3 Å². The van der Waals surface area contributed by atoms with Crippen LogP contribution in [-0.4, -0.2) is 62.5 Å². The Morgan fingerprint density at radius 3 is 1.95 bits per heavy atom. The third kappa shape index (κ3) is 12.8. The van der Waals surface area contributed by atoms with Crippen LogP contribution in [0.4, 0.5) is 14.4 Å². The summed E-state index contributed by atoms with van der Waals surface area (Å²) >= 11 is 0. The molecular weight excluding hydrogens is 490 g/mol. The lowest BCUT2D eigenvalue weighted by atomic mass is 10.1. The summed E-state index contributed by atoms with van der Waals surface area (Å²) in [5, 5.41) is 0. The van der Waals surface area contributed by atoms with Crippen molar-refractivity contribution in [1.29, 1.82) is 0 Å². The monoisotopic (exact) mass is 527 g/mol. The molecule has 37 heavy (non-hydrogen) atoms. The first-order valence-electron chi connectivity index (χ1n) is 12.2. The van der Waals surface area contributed by atoms with E-state index in [9.17, 15) is 19.2 Å². The summed E-state index contributed by atoms with van der Waals surface area (Å²) in [6, 6.07) is 3.22. The van der Waals surface area contributed by atoms with E-state index in [4.69, 9.17) is 38.9 Å². The first-order valence-corrected chi connectivity index (χ1v) is 12.2. The summed E-state index contributed by atoms with van der Waals surface area (Å²) in [4.78, 5) is 47.8. The average molecular weight is 528 g/mol. The van der Waals surface area contributed by atoms with E-state index in [-0.39, 0.29) is 43.8 Å². The van der Waals surface area contributed by atoms with Gasteiger partial charge in [0.05, 0.1) is 13.2 Å². The highest BCUT2D eigenvalue weighted by Gasteiger charge is 2.22. The molecule has 0 aliphatic rings. The highest BCUT2D eigenvalue weighted by atomic mass is 16.7.